The molecule has 0 atom stereocenters. The van der Waals surface area contributed by atoms with Gasteiger partial charge >= 0.3 is 0 Å². The quantitative estimate of drug-likeness (QED) is 0.623. The van der Waals surface area contributed by atoms with Gasteiger partial charge in [-0.1, -0.05) is 6.07 Å². The Hall–Kier alpha value is -3.41. The van der Waals surface area contributed by atoms with Gasteiger partial charge in [0.2, 0.25) is 0 Å². The Morgan fingerprint density at radius 3 is 3.00 bits per heavy atom. The molecule has 0 saturated heterocycles. The molecule has 1 N–H and O–H groups in total. The molecule has 0 spiro atoms. The van der Waals surface area contributed by atoms with Gasteiger partial charge < -0.3 is 14.3 Å². The summed E-state index contributed by atoms with van der Waals surface area (Å²) in [6.45, 7) is 0.715. The van der Waals surface area contributed by atoms with Crippen molar-refractivity contribution in [3.05, 3.63) is 77.0 Å². The molecule has 25 heavy (non-hydrogen) atoms. The topological polar surface area (TPSA) is 77.1 Å². The molecule has 0 aliphatic carbocycles. The van der Waals surface area contributed by atoms with Gasteiger partial charge in [0.15, 0.2) is 5.58 Å². The highest BCUT2D eigenvalue weighted by Crippen LogP contribution is 2.13. The predicted octanol–water partition coefficient (Wildman–Crippen LogP) is 2.57. The van der Waals surface area contributed by atoms with Crippen molar-refractivity contribution in [2.24, 2.45) is 0 Å². The van der Waals surface area contributed by atoms with Crippen LogP contribution >= 0.6 is 0 Å². The molecule has 6 nitrogen and oxygen atoms in total. The van der Waals surface area contributed by atoms with Crippen LogP contribution in [-0.2, 0) is 6.54 Å². The number of carbonyl (C=O) groups is 1. The first kappa shape index (κ1) is 15.1. The first-order valence-corrected chi connectivity index (χ1v) is 7.92. The number of nitrogens with zero attached hydrogens (tertiary/aromatic N) is 2. The van der Waals surface area contributed by atoms with Crippen LogP contribution in [0, 0.1) is 0 Å². The zero-order chi connectivity index (χ0) is 17.2. The number of hydrogen-bond donors (Lipinski definition) is 1. The van der Waals surface area contributed by atoms with Crippen molar-refractivity contribution in [3.8, 4) is 0 Å². The number of rotatable bonds is 4. The van der Waals surface area contributed by atoms with E-state index in [2.05, 4.69) is 10.3 Å². The van der Waals surface area contributed by atoms with Crippen molar-refractivity contribution in [1.82, 2.24) is 14.9 Å². The van der Waals surface area contributed by atoms with Crippen molar-refractivity contribution in [2.75, 3.05) is 6.54 Å². The minimum absolute atomic E-state index is 0.183. The largest absolute Gasteiger partial charge is 0.459 e. The summed E-state index contributed by atoms with van der Waals surface area (Å²) >= 11 is 0. The van der Waals surface area contributed by atoms with Crippen molar-refractivity contribution < 1.29 is 9.21 Å². The fourth-order valence-corrected chi connectivity index (χ4v) is 2.78. The Bertz CT molecular complexity index is 1130. The van der Waals surface area contributed by atoms with Crippen molar-refractivity contribution in [3.63, 3.8) is 0 Å². The zero-order valence-electron chi connectivity index (χ0n) is 13.3. The minimum atomic E-state index is -0.200. The summed E-state index contributed by atoms with van der Waals surface area (Å²) in [6, 6.07) is 12.7. The predicted molar refractivity (Wildman–Crippen MR) is 94.6 cm³/mol. The van der Waals surface area contributed by atoms with Crippen molar-refractivity contribution in [2.45, 2.75) is 6.54 Å². The van der Waals surface area contributed by atoms with E-state index < -0.39 is 0 Å². The standard InChI is InChI=1S/C19H15N3O3/c23-18(15-3-4-16-14(12-15)2-1-7-20-16)21-8-10-22-9-5-13-6-11-25-17(13)19(22)24/h1-7,9,11-12H,8,10H2,(H,21,23). The number of pyridine rings is 2. The van der Waals surface area contributed by atoms with Crippen LogP contribution in [0.15, 0.2) is 70.3 Å². The molecule has 0 fully saturated rings. The summed E-state index contributed by atoms with van der Waals surface area (Å²) in [5.41, 5.74) is 1.54. The van der Waals surface area contributed by atoms with Crippen LogP contribution in [0.1, 0.15) is 10.4 Å². The number of amides is 1. The van der Waals surface area contributed by atoms with Gasteiger partial charge in [0.1, 0.15) is 0 Å². The van der Waals surface area contributed by atoms with Crippen molar-refractivity contribution in [1.29, 1.82) is 0 Å². The normalized spacial score (nSPS) is 11.0. The van der Waals surface area contributed by atoms with E-state index in [9.17, 15) is 9.59 Å². The van der Waals surface area contributed by atoms with Gasteiger partial charge in [0.25, 0.3) is 11.5 Å². The van der Waals surface area contributed by atoms with Gasteiger partial charge in [-0.05, 0) is 36.4 Å². The maximum Gasteiger partial charge on any atom is 0.294 e. The van der Waals surface area contributed by atoms with Gasteiger partial charge in [-0.25, -0.2) is 0 Å². The fraction of sp³-hybridized carbons (Fsp3) is 0.105. The first-order valence-electron chi connectivity index (χ1n) is 7.92. The monoisotopic (exact) mass is 333 g/mol. The van der Waals surface area contributed by atoms with Crippen LogP contribution in [0.5, 0.6) is 0 Å². The van der Waals surface area contributed by atoms with E-state index in [1.165, 1.54) is 10.8 Å². The Balaban J connectivity index is 1.45. The lowest BCUT2D eigenvalue weighted by atomic mass is 10.1. The summed E-state index contributed by atoms with van der Waals surface area (Å²) in [6.07, 6.45) is 4.91. The van der Waals surface area contributed by atoms with Crippen LogP contribution in [-0.4, -0.2) is 22.0 Å². The zero-order valence-corrected chi connectivity index (χ0v) is 13.3. The van der Waals surface area contributed by atoms with E-state index in [-0.39, 0.29) is 11.5 Å². The second kappa shape index (κ2) is 6.24. The van der Waals surface area contributed by atoms with Gasteiger partial charge in [-0.2, -0.15) is 0 Å². The highest BCUT2D eigenvalue weighted by molar-refractivity contribution is 5.97. The molecule has 0 unspecified atom stereocenters. The van der Waals surface area contributed by atoms with Crippen LogP contribution in [0.25, 0.3) is 21.9 Å². The molecule has 124 valence electrons. The molecule has 3 aromatic heterocycles. The highest BCUT2D eigenvalue weighted by Gasteiger charge is 2.08. The molecule has 0 bridgehead atoms. The molecule has 4 aromatic rings. The average Bonchev–Trinajstić information content (AvgIpc) is 3.12. The number of furan rings is 1. The van der Waals surface area contributed by atoms with Crippen LogP contribution < -0.4 is 10.9 Å². The van der Waals surface area contributed by atoms with Gasteiger partial charge in [0.05, 0.1) is 11.8 Å². The molecule has 0 radical (unpaired) electrons. The molecular weight excluding hydrogens is 318 g/mol. The molecule has 3 heterocycles. The fourth-order valence-electron chi connectivity index (χ4n) is 2.78. The lowest BCUT2D eigenvalue weighted by molar-refractivity contribution is 0.0952. The van der Waals surface area contributed by atoms with Gasteiger partial charge in [0, 0.05) is 41.8 Å². The van der Waals surface area contributed by atoms with Crippen LogP contribution in [0.3, 0.4) is 0 Å². The number of hydrogen-bond acceptors (Lipinski definition) is 4. The molecule has 6 heteroatoms. The summed E-state index contributed by atoms with van der Waals surface area (Å²) < 4.78 is 6.72. The summed E-state index contributed by atoms with van der Waals surface area (Å²) in [4.78, 5) is 28.8. The lowest BCUT2D eigenvalue weighted by Crippen LogP contribution is -2.30. The van der Waals surface area contributed by atoms with Gasteiger partial charge in [-0.15, -0.1) is 0 Å². The SMILES string of the molecule is O=C(NCCn1ccc2ccoc2c1=O)c1ccc2ncccc2c1. The van der Waals surface area contributed by atoms with Crippen molar-refractivity contribution >= 4 is 27.8 Å². The molecule has 0 aliphatic heterocycles. The molecule has 0 aliphatic rings. The lowest BCUT2D eigenvalue weighted by Gasteiger charge is -2.08. The molecule has 1 amide bonds. The van der Waals surface area contributed by atoms with E-state index in [1.807, 2.05) is 24.3 Å². The Labute approximate surface area is 142 Å². The number of benzene rings is 1. The second-order valence-corrected chi connectivity index (χ2v) is 5.69. The Kier molecular flexibility index (Phi) is 3.78. The number of fused-ring (bicyclic) bond motifs is 2. The Morgan fingerprint density at radius 1 is 1.16 bits per heavy atom. The molecule has 1 aromatic carbocycles. The van der Waals surface area contributed by atoms with Gasteiger partial charge in [-0.3, -0.25) is 14.6 Å². The maximum atomic E-state index is 12.3. The first-order chi connectivity index (χ1) is 12.2. The molecular formula is C19H15N3O3. The van der Waals surface area contributed by atoms with Crippen LogP contribution in [0.4, 0.5) is 0 Å². The van der Waals surface area contributed by atoms with E-state index in [4.69, 9.17) is 4.42 Å². The minimum Gasteiger partial charge on any atom is -0.459 e. The third-order valence-corrected chi connectivity index (χ3v) is 4.09. The van der Waals surface area contributed by atoms with E-state index >= 15 is 0 Å². The number of carbonyl (C=O) groups excluding carboxylic acids is 1. The van der Waals surface area contributed by atoms with E-state index in [0.29, 0.717) is 24.2 Å². The Morgan fingerprint density at radius 2 is 2.08 bits per heavy atom. The smallest absolute Gasteiger partial charge is 0.294 e. The second-order valence-electron chi connectivity index (χ2n) is 5.69. The highest BCUT2D eigenvalue weighted by atomic mass is 16.3. The summed E-state index contributed by atoms with van der Waals surface area (Å²) in [7, 11) is 0. The summed E-state index contributed by atoms with van der Waals surface area (Å²) in [5, 5.41) is 4.52. The third-order valence-electron chi connectivity index (χ3n) is 4.09. The molecule has 4 rings (SSSR count). The van der Waals surface area contributed by atoms with E-state index in [0.717, 1.165) is 16.3 Å². The molecule has 0 saturated carbocycles. The summed E-state index contributed by atoms with van der Waals surface area (Å²) in [5.74, 6) is -0.183. The number of aromatic nitrogens is 2. The average molecular weight is 333 g/mol. The number of nitrogens with one attached hydrogen (secondary N) is 1. The maximum absolute atomic E-state index is 12.3. The third kappa shape index (κ3) is 2.89. The van der Waals surface area contributed by atoms with Crippen LogP contribution in [0.2, 0.25) is 0 Å². The van der Waals surface area contributed by atoms with E-state index in [1.54, 1.807) is 30.6 Å².